The van der Waals surface area contributed by atoms with Crippen molar-refractivity contribution in [3.8, 4) is 5.75 Å². The lowest BCUT2D eigenvalue weighted by molar-refractivity contribution is -0.137. The molecule has 0 aliphatic carbocycles. The zero-order valence-electron chi connectivity index (χ0n) is 12.0. The topological polar surface area (TPSA) is 93.5 Å². The molecule has 0 atom stereocenters. The summed E-state index contributed by atoms with van der Waals surface area (Å²) in [5.74, 6) is -1.89. The SMILES string of the molecule is Cc1ccc(OC(F)F)c(NC(=O)c2cnn(CC(=O)O)c2)c1. The Morgan fingerprint density at radius 2 is 2.17 bits per heavy atom. The smallest absolute Gasteiger partial charge is 0.387 e. The summed E-state index contributed by atoms with van der Waals surface area (Å²) in [4.78, 5) is 22.7. The van der Waals surface area contributed by atoms with Crippen LogP contribution in [0, 0.1) is 6.92 Å². The van der Waals surface area contributed by atoms with Gasteiger partial charge in [0.2, 0.25) is 0 Å². The number of carbonyl (C=O) groups is 2. The Labute approximate surface area is 129 Å². The number of aromatic nitrogens is 2. The molecule has 0 bridgehead atoms. The number of hydrogen-bond donors (Lipinski definition) is 2. The highest BCUT2D eigenvalue weighted by Crippen LogP contribution is 2.27. The first-order valence-electron chi connectivity index (χ1n) is 6.46. The number of nitrogens with one attached hydrogen (secondary N) is 1. The van der Waals surface area contributed by atoms with Crippen LogP contribution in [0.3, 0.4) is 0 Å². The molecule has 9 heteroatoms. The molecule has 0 radical (unpaired) electrons. The van der Waals surface area contributed by atoms with Crippen molar-refractivity contribution in [2.45, 2.75) is 20.1 Å². The molecular weight excluding hydrogens is 312 g/mol. The van der Waals surface area contributed by atoms with Crippen LogP contribution >= 0.6 is 0 Å². The minimum absolute atomic E-state index is 0.0845. The second-order valence-corrected chi connectivity index (χ2v) is 4.65. The van der Waals surface area contributed by atoms with E-state index in [0.717, 1.165) is 10.2 Å². The molecule has 0 saturated carbocycles. The number of benzene rings is 1. The number of ether oxygens (including phenoxy) is 1. The van der Waals surface area contributed by atoms with Crippen LogP contribution in [0.4, 0.5) is 14.5 Å². The second-order valence-electron chi connectivity index (χ2n) is 4.65. The third kappa shape index (κ3) is 4.50. The molecule has 0 spiro atoms. The van der Waals surface area contributed by atoms with Crippen LogP contribution in [0.5, 0.6) is 5.75 Å². The molecule has 7 nitrogen and oxygen atoms in total. The Morgan fingerprint density at radius 1 is 1.43 bits per heavy atom. The van der Waals surface area contributed by atoms with Crippen LogP contribution < -0.4 is 10.1 Å². The van der Waals surface area contributed by atoms with E-state index in [2.05, 4.69) is 15.2 Å². The number of carboxylic acid groups (broad SMARTS) is 1. The monoisotopic (exact) mass is 325 g/mol. The fourth-order valence-corrected chi connectivity index (χ4v) is 1.84. The number of nitrogens with zero attached hydrogens (tertiary/aromatic N) is 2. The number of carbonyl (C=O) groups excluding carboxylic acids is 1. The Kier molecular flexibility index (Phi) is 4.89. The zero-order chi connectivity index (χ0) is 17.0. The molecule has 23 heavy (non-hydrogen) atoms. The van der Waals surface area contributed by atoms with Gasteiger partial charge in [-0.3, -0.25) is 14.3 Å². The van der Waals surface area contributed by atoms with Gasteiger partial charge in [0.05, 0.1) is 17.4 Å². The number of amides is 1. The van der Waals surface area contributed by atoms with E-state index in [-0.39, 0.29) is 17.0 Å². The van der Waals surface area contributed by atoms with Gasteiger partial charge in [-0.05, 0) is 24.6 Å². The molecule has 0 aliphatic rings. The lowest BCUT2D eigenvalue weighted by Gasteiger charge is -2.12. The first kappa shape index (κ1) is 16.4. The zero-order valence-corrected chi connectivity index (χ0v) is 12.0. The average Bonchev–Trinajstić information content (AvgIpc) is 2.89. The first-order valence-corrected chi connectivity index (χ1v) is 6.46. The number of alkyl halides is 2. The molecule has 1 amide bonds. The van der Waals surface area contributed by atoms with E-state index in [1.54, 1.807) is 13.0 Å². The molecule has 2 N–H and O–H groups in total. The van der Waals surface area contributed by atoms with E-state index >= 15 is 0 Å². The van der Waals surface area contributed by atoms with Crippen LogP contribution in [0.1, 0.15) is 15.9 Å². The number of aryl methyl sites for hydroxylation is 1. The summed E-state index contributed by atoms with van der Waals surface area (Å²) >= 11 is 0. The standard InChI is InChI=1S/C14H13F2N3O4/c1-8-2-3-11(23-14(15)16)10(4-8)18-13(22)9-5-17-19(6-9)7-12(20)21/h2-6,14H,7H2,1H3,(H,18,22)(H,20,21). The van der Waals surface area contributed by atoms with E-state index in [1.807, 2.05) is 0 Å². The van der Waals surface area contributed by atoms with Crippen molar-refractivity contribution in [3.63, 3.8) is 0 Å². The summed E-state index contributed by atoms with van der Waals surface area (Å²) in [5.41, 5.74) is 0.917. The lowest BCUT2D eigenvalue weighted by Crippen LogP contribution is -2.14. The van der Waals surface area contributed by atoms with Crippen LogP contribution in [0.15, 0.2) is 30.6 Å². The number of anilines is 1. The molecule has 2 rings (SSSR count). The van der Waals surface area contributed by atoms with Crippen molar-refractivity contribution in [3.05, 3.63) is 41.7 Å². The van der Waals surface area contributed by atoms with Crippen molar-refractivity contribution in [1.82, 2.24) is 9.78 Å². The largest absolute Gasteiger partial charge is 0.480 e. The number of hydrogen-bond acceptors (Lipinski definition) is 4. The van der Waals surface area contributed by atoms with Gasteiger partial charge in [0, 0.05) is 6.20 Å². The van der Waals surface area contributed by atoms with Crippen molar-refractivity contribution in [2.24, 2.45) is 0 Å². The predicted molar refractivity (Wildman–Crippen MR) is 75.6 cm³/mol. The van der Waals surface area contributed by atoms with Crippen LogP contribution in [-0.4, -0.2) is 33.4 Å². The molecule has 1 aromatic carbocycles. The van der Waals surface area contributed by atoms with E-state index in [1.165, 1.54) is 24.5 Å². The molecule has 0 fully saturated rings. The van der Waals surface area contributed by atoms with Gasteiger partial charge < -0.3 is 15.2 Å². The summed E-state index contributed by atoms with van der Waals surface area (Å²) < 4.78 is 30.2. The van der Waals surface area contributed by atoms with Crippen LogP contribution in [-0.2, 0) is 11.3 Å². The third-order valence-electron chi connectivity index (χ3n) is 2.79. The Balaban J connectivity index is 2.17. The maximum absolute atomic E-state index is 12.4. The minimum Gasteiger partial charge on any atom is -0.480 e. The summed E-state index contributed by atoms with van der Waals surface area (Å²) in [6.45, 7) is -1.68. The molecule has 122 valence electrons. The van der Waals surface area contributed by atoms with E-state index in [9.17, 15) is 18.4 Å². The van der Waals surface area contributed by atoms with Gasteiger partial charge in [0.15, 0.2) is 0 Å². The highest BCUT2D eigenvalue weighted by atomic mass is 19.3. The number of carboxylic acids is 1. The quantitative estimate of drug-likeness (QED) is 0.848. The van der Waals surface area contributed by atoms with Gasteiger partial charge >= 0.3 is 12.6 Å². The maximum atomic E-state index is 12.4. The summed E-state index contributed by atoms with van der Waals surface area (Å²) in [6, 6.07) is 4.38. The molecule has 0 saturated heterocycles. The maximum Gasteiger partial charge on any atom is 0.387 e. The summed E-state index contributed by atoms with van der Waals surface area (Å²) in [7, 11) is 0. The van der Waals surface area contributed by atoms with E-state index in [0.29, 0.717) is 0 Å². The van der Waals surface area contributed by atoms with Crippen molar-refractivity contribution in [2.75, 3.05) is 5.32 Å². The Hall–Kier alpha value is -2.97. The van der Waals surface area contributed by atoms with Gasteiger partial charge in [0.25, 0.3) is 5.91 Å². The van der Waals surface area contributed by atoms with Gasteiger partial charge in [0.1, 0.15) is 12.3 Å². The number of halogens is 2. The highest BCUT2D eigenvalue weighted by molar-refractivity contribution is 6.04. The molecular formula is C14H13F2N3O4. The normalized spacial score (nSPS) is 10.6. The van der Waals surface area contributed by atoms with E-state index < -0.39 is 25.0 Å². The summed E-state index contributed by atoms with van der Waals surface area (Å²) in [6.07, 6.45) is 2.43. The highest BCUT2D eigenvalue weighted by Gasteiger charge is 2.15. The minimum atomic E-state index is -3.02. The van der Waals surface area contributed by atoms with Crippen molar-refractivity contribution >= 4 is 17.6 Å². The third-order valence-corrected chi connectivity index (χ3v) is 2.79. The van der Waals surface area contributed by atoms with Crippen molar-refractivity contribution in [1.29, 1.82) is 0 Å². The molecule has 2 aromatic rings. The van der Waals surface area contributed by atoms with Gasteiger partial charge in [-0.2, -0.15) is 13.9 Å². The van der Waals surface area contributed by atoms with Gasteiger partial charge in [-0.25, -0.2) is 0 Å². The average molecular weight is 325 g/mol. The fraction of sp³-hybridized carbons (Fsp3) is 0.214. The predicted octanol–water partition coefficient (Wildman–Crippen LogP) is 2.13. The molecule has 0 aliphatic heterocycles. The van der Waals surface area contributed by atoms with Crippen molar-refractivity contribution < 1.29 is 28.2 Å². The summed E-state index contributed by atoms with van der Waals surface area (Å²) in [5, 5.41) is 14.8. The van der Waals surface area contributed by atoms with E-state index in [4.69, 9.17) is 5.11 Å². The van der Waals surface area contributed by atoms with Gasteiger partial charge in [-0.1, -0.05) is 6.07 Å². The number of aliphatic carboxylic acids is 1. The first-order chi connectivity index (χ1) is 10.8. The fourth-order valence-electron chi connectivity index (χ4n) is 1.84. The van der Waals surface area contributed by atoms with Gasteiger partial charge in [-0.15, -0.1) is 0 Å². The Bertz CT molecular complexity index is 731. The molecule has 1 aromatic heterocycles. The number of rotatable bonds is 6. The second kappa shape index (κ2) is 6.86. The van der Waals surface area contributed by atoms with Crippen LogP contribution in [0.2, 0.25) is 0 Å². The molecule has 0 unspecified atom stereocenters. The van der Waals surface area contributed by atoms with Crippen LogP contribution in [0.25, 0.3) is 0 Å². The molecule has 1 heterocycles. The lowest BCUT2D eigenvalue weighted by atomic mass is 10.2. The Morgan fingerprint density at radius 3 is 2.83 bits per heavy atom.